The molecule has 2 aliphatic heterocycles. The Morgan fingerprint density at radius 1 is 1.27 bits per heavy atom. The van der Waals surface area contributed by atoms with Gasteiger partial charge < -0.3 is 4.90 Å². The molecule has 0 N–H and O–H groups in total. The summed E-state index contributed by atoms with van der Waals surface area (Å²) in [5.74, 6) is 0.0462. The fourth-order valence-corrected chi connectivity index (χ4v) is 4.84. The Balaban J connectivity index is 1.71. The van der Waals surface area contributed by atoms with Gasteiger partial charge in [-0.1, -0.05) is 0 Å². The van der Waals surface area contributed by atoms with E-state index in [0.717, 1.165) is 17.8 Å². The maximum atomic E-state index is 12.2. The molecule has 2 atom stereocenters. The average molecular weight is 326 g/mol. The van der Waals surface area contributed by atoms with Crippen molar-refractivity contribution in [3.05, 3.63) is 17.5 Å². The van der Waals surface area contributed by atoms with Crippen LogP contribution in [0.2, 0.25) is 0 Å². The van der Waals surface area contributed by atoms with Gasteiger partial charge in [0.1, 0.15) is 0 Å². The summed E-state index contributed by atoms with van der Waals surface area (Å²) in [6.07, 6.45) is 2.24. The van der Waals surface area contributed by atoms with Crippen LogP contribution in [-0.2, 0) is 21.4 Å². The van der Waals surface area contributed by atoms with Crippen LogP contribution in [0.25, 0.3) is 0 Å². The molecule has 1 amide bonds. The summed E-state index contributed by atoms with van der Waals surface area (Å²) >= 11 is 0. The first kappa shape index (κ1) is 15.5. The number of hydrogen-bond acceptors (Lipinski definition) is 4. The molecule has 0 unspecified atom stereocenters. The number of amides is 1. The zero-order valence-electron chi connectivity index (χ0n) is 13.2. The number of aryl methyl sites for hydroxylation is 2. The molecule has 0 aliphatic carbocycles. The topological polar surface area (TPSA) is 75.5 Å². The van der Waals surface area contributed by atoms with E-state index in [9.17, 15) is 13.2 Å². The highest BCUT2D eigenvalue weighted by Gasteiger charge is 2.49. The van der Waals surface area contributed by atoms with Crippen molar-refractivity contribution in [3.63, 3.8) is 0 Å². The molecular formula is C14H22N4O3S. The Labute approximate surface area is 130 Å². The number of sulfonamides is 1. The number of hydrogen-bond donors (Lipinski definition) is 0. The van der Waals surface area contributed by atoms with Gasteiger partial charge in [0.25, 0.3) is 0 Å². The SMILES string of the molecule is Cc1cc(C)n(CCN2C(=O)C[C@H]3[C@@H]2CCN3S(C)(=O)=O)n1. The average Bonchev–Trinajstić information content (AvgIpc) is 3.01. The van der Waals surface area contributed by atoms with Crippen molar-refractivity contribution in [2.75, 3.05) is 19.3 Å². The normalized spacial score (nSPS) is 26.0. The molecular weight excluding hydrogens is 304 g/mol. The highest BCUT2D eigenvalue weighted by Crippen LogP contribution is 2.33. The summed E-state index contributed by atoms with van der Waals surface area (Å²) in [5.41, 5.74) is 2.04. The van der Waals surface area contributed by atoms with Gasteiger partial charge in [-0.2, -0.15) is 9.40 Å². The van der Waals surface area contributed by atoms with E-state index < -0.39 is 10.0 Å². The largest absolute Gasteiger partial charge is 0.336 e. The maximum Gasteiger partial charge on any atom is 0.224 e. The minimum atomic E-state index is -3.24. The van der Waals surface area contributed by atoms with Gasteiger partial charge in [-0.25, -0.2) is 8.42 Å². The molecule has 1 aromatic heterocycles. The summed E-state index contributed by atoms with van der Waals surface area (Å²) in [7, 11) is -3.24. The van der Waals surface area contributed by atoms with E-state index in [1.54, 1.807) is 0 Å². The van der Waals surface area contributed by atoms with Gasteiger partial charge >= 0.3 is 0 Å². The van der Waals surface area contributed by atoms with Crippen molar-refractivity contribution in [2.45, 2.75) is 45.3 Å². The molecule has 2 aliphatic rings. The lowest BCUT2D eigenvalue weighted by Gasteiger charge is -2.24. The van der Waals surface area contributed by atoms with Crippen molar-refractivity contribution >= 4 is 15.9 Å². The third-order valence-electron chi connectivity index (χ3n) is 4.65. The van der Waals surface area contributed by atoms with Crippen molar-refractivity contribution in [3.8, 4) is 0 Å². The van der Waals surface area contributed by atoms with Crippen LogP contribution in [0.5, 0.6) is 0 Å². The second kappa shape index (κ2) is 5.34. The van der Waals surface area contributed by atoms with Gasteiger partial charge in [0.05, 0.1) is 30.6 Å². The molecule has 2 fully saturated rings. The van der Waals surface area contributed by atoms with Crippen molar-refractivity contribution in [1.29, 1.82) is 0 Å². The second-order valence-corrected chi connectivity index (χ2v) is 8.17. The molecule has 0 aromatic carbocycles. The number of carbonyl (C=O) groups is 1. The number of carbonyl (C=O) groups excluding carboxylic acids is 1. The fourth-order valence-electron chi connectivity index (χ4n) is 3.70. The molecule has 22 heavy (non-hydrogen) atoms. The van der Waals surface area contributed by atoms with E-state index in [0.29, 0.717) is 26.1 Å². The number of fused-ring (bicyclic) bond motifs is 1. The Bertz CT molecular complexity index is 697. The lowest BCUT2D eigenvalue weighted by Crippen LogP contribution is -2.40. The first-order chi connectivity index (χ1) is 10.3. The van der Waals surface area contributed by atoms with Crippen LogP contribution in [-0.4, -0.2) is 64.7 Å². The van der Waals surface area contributed by atoms with Gasteiger partial charge in [0.2, 0.25) is 15.9 Å². The van der Waals surface area contributed by atoms with Gasteiger partial charge in [-0.15, -0.1) is 0 Å². The van der Waals surface area contributed by atoms with Crippen molar-refractivity contribution in [2.24, 2.45) is 0 Å². The standard InChI is InChI=1S/C14H22N4O3S/c1-10-8-11(2)17(15-10)7-6-16-12-4-5-18(22(3,20)21)13(12)9-14(16)19/h8,12-13H,4-7,9H2,1-3H3/t12-,13-/m0/s1. The van der Waals surface area contributed by atoms with E-state index >= 15 is 0 Å². The Morgan fingerprint density at radius 2 is 2.00 bits per heavy atom. The first-order valence-corrected chi connectivity index (χ1v) is 9.39. The van der Waals surface area contributed by atoms with Gasteiger partial charge in [-0.3, -0.25) is 9.48 Å². The molecule has 2 saturated heterocycles. The quantitative estimate of drug-likeness (QED) is 0.788. The van der Waals surface area contributed by atoms with E-state index in [1.165, 1.54) is 10.6 Å². The minimum Gasteiger partial charge on any atom is -0.336 e. The third kappa shape index (κ3) is 2.65. The summed E-state index contributed by atoms with van der Waals surface area (Å²) in [6.45, 7) is 5.68. The maximum absolute atomic E-state index is 12.2. The number of nitrogens with zero attached hydrogens (tertiary/aromatic N) is 4. The fraction of sp³-hybridized carbons (Fsp3) is 0.714. The van der Waals surface area contributed by atoms with E-state index in [1.807, 2.05) is 29.5 Å². The third-order valence-corrected chi connectivity index (χ3v) is 5.95. The van der Waals surface area contributed by atoms with E-state index in [2.05, 4.69) is 5.10 Å². The summed E-state index contributed by atoms with van der Waals surface area (Å²) < 4.78 is 27.0. The summed E-state index contributed by atoms with van der Waals surface area (Å²) in [5, 5.41) is 4.41. The lowest BCUT2D eigenvalue weighted by atomic mass is 10.1. The molecule has 0 bridgehead atoms. The number of rotatable bonds is 4. The van der Waals surface area contributed by atoms with Crippen LogP contribution in [0, 0.1) is 13.8 Å². The molecule has 0 saturated carbocycles. The smallest absolute Gasteiger partial charge is 0.224 e. The minimum absolute atomic E-state index is 0.0131. The molecule has 3 heterocycles. The molecule has 122 valence electrons. The summed E-state index contributed by atoms with van der Waals surface area (Å²) in [6, 6.07) is 1.83. The zero-order chi connectivity index (χ0) is 16.1. The van der Waals surface area contributed by atoms with Crippen LogP contribution in [0.15, 0.2) is 6.07 Å². The monoisotopic (exact) mass is 326 g/mol. The summed E-state index contributed by atoms with van der Waals surface area (Å²) in [4.78, 5) is 14.1. The predicted octanol–water partition coefficient (Wildman–Crippen LogP) is 0.135. The van der Waals surface area contributed by atoms with Crippen LogP contribution in [0.4, 0.5) is 0 Å². The van der Waals surface area contributed by atoms with Crippen LogP contribution in [0.1, 0.15) is 24.2 Å². The Hall–Kier alpha value is -1.41. The molecule has 8 heteroatoms. The van der Waals surface area contributed by atoms with Crippen molar-refractivity contribution < 1.29 is 13.2 Å². The predicted molar refractivity (Wildman–Crippen MR) is 81.8 cm³/mol. The van der Waals surface area contributed by atoms with Gasteiger partial charge in [-0.05, 0) is 26.3 Å². The van der Waals surface area contributed by atoms with Crippen LogP contribution in [0.3, 0.4) is 0 Å². The number of aromatic nitrogens is 2. The Kier molecular flexibility index (Phi) is 3.76. The van der Waals surface area contributed by atoms with Gasteiger partial charge in [0, 0.05) is 25.2 Å². The molecule has 1 aromatic rings. The van der Waals surface area contributed by atoms with E-state index in [4.69, 9.17) is 0 Å². The Morgan fingerprint density at radius 3 is 2.59 bits per heavy atom. The van der Waals surface area contributed by atoms with Gasteiger partial charge in [0.15, 0.2) is 0 Å². The molecule has 0 spiro atoms. The zero-order valence-corrected chi connectivity index (χ0v) is 14.0. The highest BCUT2D eigenvalue weighted by molar-refractivity contribution is 7.88. The first-order valence-electron chi connectivity index (χ1n) is 7.54. The molecule has 3 rings (SSSR count). The molecule has 7 nitrogen and oxygen atoms in total. The second-order valence-electron chi connectivity index (χ2n) is 6.24. The van der Waals surface area contributed by atoms with Crippen LogP contribution >= 0.6 is 0 Å². The van der Waals surface area contributed by atoms with Crippen molar-refractivity contribution in [1.82, 2.24) is 19.0 Å². The highest BCUT2D eigenvalue weighted by atomic mass is 32.2. The van der Waals surface area contributed by atoms with Crippen LogP contribution < -0.4 is 0 Å². The number of likely N-dealkylation sites (tertiary alicyclic amines) is 1. The lowest BCUT2D eigenvalue weighted by molar-refractivity contribution is -0.129. The van der Waals surface area contributed by atoms with E-state index in [-0.39, 0.29) is 18.0 Å². The molecule has 0 radical (unpaired) electrons.